The highest BCUT2D eigenvalue weighted by Gasteiger charge is 2.37. The fourth-order valence-electron chi connectivity index (χ4n) is 2.53. The molecule has 6 nitrogen and oxygen atoms in total. The SMILES string of the molecule is CCOC(=O)CC1COCC(c2ccc(Br)cc2)N1C(=O)O. The molecular formula is C15H18BrNO5. The van der Waals surface area contributed by atoms with Gasteiger partial charge in [-0.3, -0.25) is 9.69 Å². The van der Waals surface area contributed by atoms with Gasteiger partial charge in [0.05, 0.1) is 38.3 Å². The van der Waals surface area contributed by atoms with Crippen LogP contribution in [0.3, 0.4) is 0 Å². The van der Waals surface area contributed by atoms with Gasteiger partial charge in [0, 0.05) is 4.47 Å². The molecule has 1 aliphatic rings. The maximum Gasteiger partial charge on any atom is 0.408 e. The van der Waals surface area contributed by atoms with Crippen molar-refractivity contribution in [1.29, 1.82) is 0 Å². The van der Waals surface area contributed by atoms with Gasteiger partial charge < -0.3 is 14.6 Å². The van der Waals surface area contributed by atoms with E-state index >= 15 is 0 Å². The number of rotatable bonds is 4. The Morgan fingerprint density at radius 2 is 2.05 bits per heavy atom. The number of hydrogen-bond acceptors (Lipinski definition) is 4. The maximum atomic E-state index is 11.7. The summed E-state index contributed by atoms with van der Waals surface area (Å²) < 4.78 is 11.3. The third-order valence-electron chi connectivity index (χ3n) is 3.50. The first-order valence-electron chi connectivity index (χ1n) is 7.03. The highest BCUT2D eigenvalue weighted by molar-refractivity contribution is 9.10. The highest BCUT2D eigenvalue weighted by atomic mass is 79.9. The number of esters is 1. The van der Waals surface area contributed by atoms with Gasteiger partial charge in [0.2, 0.25) is 0 Å². The van der Waals surface area contributed by atoms with Crippen molar-refractivity contribution < 1.29 is 24.2 Å². The molecule has 7 heteroatoms. The van der Waals surface area contributed by atoms with Crippen molar-refractivity contribution in [3.8, 4) is 0 Å². The molecule has 0 radical (unpaired) electrons. The lowest BCUT2D eigenvalue weighted by Gasteiger charge is -2.40. The lowest BCUT2D eigenvalue weighted by atomic mass is 10.0. The summed E-state index contributed by atoms with van der Waals surface area (Å²) in [6.07, 6.45) is -1.07. The Hall–Kier alpha value is -1.60. The smallest absolute Gasteiger partial charge is 0.408 e. The predicted molar refractivity (Wildman–Crippen MR) is 82.6 cm³/mol. The molecule has 2 rings (SSSR count). The third kappa shape index (κ3) is 3.98. The molecular weight excluding hydrogens is 354 g/mol. The number of morpholine rings is 1. The van der Waals surface area contributed by atoms with Crippen LogP contribution in [-0.2, 0) is 14.3 Å². The summed E-state index contributed by atoms with van der Waals surface area (Å²) in [5.74, 6) is -0.418. The minimum Gasteiger partial charge on any atom is -0.466 e. The summed E-state index contributed by atoms with van der Waals surface area (Å²) >= 11 is 3.35. The molecule has 22 heavy (non-hydrogen) atoms. The molecule has 1 aliphatic heterocycles. The molecule has 0 spiro atoms. The first-order valence-corrected chi connectivity index (χ1v) is 7.82. The first-order chi connectivity index (χ1) is 10.5. The number of carbonyl (C=O) groups excluding carboxylic acids is 1. The highest BCUT2D eigenvalue weighted by Crippen LogP contribution is 2.29. The number of halogens is 1. The number of carbonyl (C=O) groups is 2. The van der Waals surface area contributed by atoms with E-state index in [4.69, 9.17) is 9.47 Å². The van der Waals surface area contributed by atoms with E-state index in [0.29, 0.717) is 0 Å². The topological polar surface area (TPSA) is 76.1 Å². The molecule has 1 N–H and O–H groups in total. The number of nitrogens with zero attached hydrogens (tertiary/aromatic N) is 1. The van der Waals surface area contributed by atoms with Gasteiger partial charge in [-0.05, 0) is 24.6 Å². The quantitative estimate of drug-likeness (QED) is 0.823. The number of ether oxygens (including phenoxy) is 2. The van der Waals surface area contributed by atoms with Gasteiger partial charge in [-0.25, -0.2) is 4.79 Å². The summed E-state index contributed by atoms with van der Waals surface area (Å²) in [4.78, 5) is 24.6. The standard InChI is InChI=1S/C15H18BrNO5/c1-2-22-14(18)7-12-8-21-9-13(17(12)15(19)20)10-3-5-11(16)6-4-10/h3-6,12-13H,2,7-9H2,1H3,(H,19,20). The van der Waals surface area contributed by atoms with E-state index in [1.54, 1.807) is 6.92 Å². The number of benzene rings is 1. The minimum absolute atomic E-state index is 0.00678. The Morgan fingerprint density at radius 1 is 1.36 bits per heavy atom. The summed E-state index contributed by atoms with van der Waals surface area (Å²) in [6.45, 7) is 2.45. The number of hydrogen-bond donors (Lipinski definition) is 1. The van der Waals surface area contributed by atoms with E-state index in [-0.39, 0.29) is 26.2 Å². The van der Waals surface area contributed by atoms with Gasteiger partial charge in [-0.1, -0.05) is 28.1 Å². The van der Waals surface area contributed by atoms with Gasteiger partial charge >= 0.3 is 12.1 Å². The van der Waals surface area contributed by atoms with Crippen LogP contribution in [0.15, 0.2) is 28.7 Å². The van der Waals surface area contributed by atoms with Crippen LogP contribution in [0.1, 0.15) is 24.9 Å². The Bertz CT molecular complexity index is 533. The van der Waals surface area contributed by atoms with Crippen LogP contribution in [0, 0.1) is 0 Å². The second kappa shape index (κ2) is 7.60. The van der Waals surface area contributed by atoms with Crippen molar-refractivity contribution in [1.82, 2.24) is 4.90 Å². The summed E-state index contributed by atoms with van der Waals surface area (Å²) in [7, 11) is 0. The molecule has 1 aromatic carbocycles. The van der Waals surface area contributed by atoms with E-state index in [0.717, 1.165) is 10.0 Å². The monoisotopic (exact) mass is 371 g/mol. The molecule has 1 aromatic rings. The van der Waals surface area contributed by atoms with Crippen molar-refractivity contribution in [2.75, 3.05) is 19.8 Å². The van der Waals surface area contributed by atoms with Gasteiger partial charge in [0.25, 0.3) is 0 Å². The van der Waals surface area contributed by atoms with Crippen molar-refractivity contribution in [2.24, 2.45) is 0 Å². The van der Waals surface area contributed by atoms with Crippen molar-refractivity contribution >= 4 is 28.0 Å². The van der Waals surface area contributed by atoms with Crippen LogP contribution >= 0.6 is 15.9 Å². The van der Waals surface area contributed by atoms with E-state index in [1.807, 2.05) is 24.3 Å². The third-order valence-corrected chi connectivity index (χ3v) is 4.03. The number of amides is 1. The Kier molecular flexibility index (Phi) is 5.79. The minimum atomic E-state index is -1.06. The zero-order chi connectivity index (χ0) is 16.1. The van der Waals surface area contributed by atoms with Crippen LogP contribution in [-0.4, -0.2) is 47.9 Å². The Balaban J connectivity index is 2.20. The van der Waals surface area contributed by atoms with E-state index in [1.165, 1.54) is 4.90 Å². The fraction of sp³-hybridized carbons (Fsp3) is 0.467. The van der Waals surface area contributed by atoms with Gasteiger partial charge in [0.1, 0.15) is 0 Å². The average molecular weight is 372 g/mol. The molecule has 0 saturated carbocycles. The van der Waals surface area contributed by atoms with Crippen LogP contribution in [0.4, 0.5) is 4.79 Å². The number of carboxylic acid groups (broad SMARTS) is 1. The summed E-state index contributed by atoms with van der Waals surface area (Å²) in [5, 5.41) is 9.55. The van der Waals surface area contributed by atoms with Crippen molar-refractivity contribution in [3.05, 3.63) is 34.3 Å². The molecule has 1 amide bonds. The molecule has 0 bridgehead atoms. The van der Waals surface area contributed by atoms with E-state index in [2.05, 4.69) is 15.9 Å². The molecule has 0 aromatic heterocycles. The van der Waals surface area contributed by atoms with E-state index < -0.39 is 24.1 Å². The van der Waals surface area contributed by atoms with Gasteiger partial charge in [0.15, 0.2) is 0 Å². The molecule has 120 valence electrons. The lowest BCUT2D eigenvalue weighted by Crippen LogP contribution is -2.51. The Labute approximate surface area is 137 Å². The summed E-state index contributed by atoms with van der Waals surface area (Å²) in [6, 6.07) is 6.42. The molecule has 1 saturated heterocycles. The molecule has 1 fully saturated rings. The second-order valence-electron chi connectivity index (χ2n) is 4.96. The fourth-order valence-corrected chi connectivity index (χ4v) is 2.80. The molecule has 2 atom stereocenters. The normalized spacial score (nSPS) is 21.5. The summed E-state index contributed by atoms with van der Waals surface area (Å²) in [5.41, 5.74) is 0.833. The van der Waals surface area contributed by atoms with Gasteiger partial charge in [-0.15, -0.1) is 0 Å². The zero-order valence-electron chi connectivity index (χ0n) is 12.2. The van der Waals surface area contributed by atoms with Crippen LogP contribution in [0.2, 0.25) is 0 Å². The van der Waals surface area contributed by atoms with Gasteiger partial charge in [-0.2, -0.15) is 0 Å². The predicted octanol–water partition coefficient (Wildman–Crippen LogP) is 2.82. The molecule has 1 heterocycles. The van der Waals surface area contributed by atoms with E-state index in [9.17, 15) is 14.7 Å². The van der Waals surface area contributed by atoms with Crippen LogP contribution in [0.5, 0.6) is 0 Å². The second-order valence-corrected chi connectivity index (χ2v) is 5.87. The van der Waals surface area contributed by atoms with Crippen LogP contribution in [0.25, 0.3) is 0 Å². The maximum absolute atomic E-state index is 11.7. The zero-order valence-corrected chi connectivity index (χ0v) is 13.8. The average Bonchev–Trinajstić information content (AvgIpc) is 2.47. The largest absolute Gasteiger partial charge is 0.466 e. The Morgan fingerprint density at radius 3 is 2.64 bits per heavy atom. The van der Waals surface area contributed by atoms with Crippen molar-refractivity contribution in [3.63, 3.8) is 0 Å². The first kappa shape index (κ1) is 16.8. The molecule has 2 unspecified atom stereocenters. The van der Waals surface area contributed by atoms with Crippen molar-refractivity contribution in [2.45, 2.75) is 25.4 Å². The molecule has 0 aliphatic carbocycles. The lowest BCUT2D eigenvalue weighted by molar-refractivity contribution is -0.146. The van der Waals surface area contributed by atoms with Crippen LogP contribution < -0.4 is 0 Å².